The highest BCUT2D eigenvalue weighted by molar-refractivity contribution is 7.99. The first-order chi connectivity index (χ1) is 10.6. The summed E-state index contributed by atoms with van der Waals surface area (Å²) in [4.78, 5) is 16.4. The van der Waals surface area contributed by atoms with Crippen molar-refractivity contribution in [2.75, 3.05) is 5.75 Å². The molecule has 1 aromatic carbocycles. The number of hydrogen-bond donors (Lipinski definition) is 2. The number of amides is 1. The highest BCUT2D eigenvalue weighted by Gasteiger charge is 2.40. The molecular weight excluding hydrogens is 296 g/mol. The fourth-order valence-electron chi connectivity index (χ4n) is 2.65. The minimum Gasteiger partial charge on any atom is -0.348 e. The molecule has 1 aliphatic rings. The number of benzene rings is 1. The topological polar surface area (TPSA) is 70.7 Å². The average Bonchev–Trinajstić information content (AvgIpc) is 3.09. The van der Waals surface area contributed by atoms with Gasteiger partial charge in [-0.2, -0.15) is 0 Å². The molecule has 3 atom stereocenters. The van der Waals surface area contributed by atoms with Gasteiger partial charge in [-0.15, -0.1) is 5.10 Å². The number of rotatable bonds is 6. The molecule has 1 fully saturated rings. The summed E-state index contributed by atoms with van der Waals surface area (Å²) in [5.41, 5.74) is 1.18. The van der Waals surface area contributed by atoms with Crippen LogP contribution in [0.2, 0.25) is 0 Å². The van der Waals surface area contributed by atoms with Crippen LogP contribution in [0.1, 0.15) is 30.8 Å². The normalized spacial score (nSPS) is 21.4. The van der Waals surface area contributed by atoms with Gasteiger partial charge in [0.05, 0.1) is 11.8 Å². The fraction of sp³-hybridized carbons (Fsp3) is 0.438. The van der Waals surface area contributed by atoms with E-state index in [-0.39, 0.29) is 11.9 Å². The molecule has 1 aromatic heterocycles. The van der Waals surface area contributed by atoms with Crippen molar-refractivity contribution in [2.24, 2.45) is 11.8 Å². The minimum absolute atomic E-state index is 0.0282. The SMILES string of the molecule is Cc1nc(SCC(=O)NC(c2ccccc2)C2CC2C)n[nH]1. The van der Waals surface area contributed by atoms with E-state index in [2.05, 4.69) is 39.6 Å². The lowest BCUT2D eigenvalue weighted by molar-refractivity contribution is -0.119. The predicted molar refractivity (Wildman–Crippen MR) is 86.4 cm³/mol. The number of H-pyrrole nitrogens is 1. The molecule has 0 radical (unpaired) electrons. The van der Waals surface area contributed by atoms with E-state index in [0.717, 1.165) is 5.82 Å². The van der Waals surface area contributed by atoms with Crippen molar-refractivity contribution in [3.05, 3.63) is 41.7 Å². The van der Waals surface area contributed by atoms with Crippen molar-refractivity contribution in [3.63, 3.8) is 0 Å². The molecular formula is C16H20N4OS. The third-order valence-corrected chi connectivity index (χ3v) is 4.83. The molecule has 0 spiro atoms. The van der Waals surface area contributed by atoms with Crippen molar-refractivity contribution in [3.8, 4) is 0 Å². The highest BCUT2D eigenvalue weighted by Crippen LogP contribution is 2.46. The number of thioether (sulfide) groups is 1. The van der Waals surface area contributed by atoms with Crippen molar-refractivity contribution >= 4 is 17.7 Å². The molecule has 2 N–H and O–H groups in total. The Morgan fingerprint density at radius 2 is 2.18 bits per heavy atom. The summed E-state index contributed by atoms with van der Waals surface area (Å²) in [6, 6.07) is 10.3. The number of nitrogens with zero attached hydrogens (tertiary/aromatic N) is 2. The van der Waals surface area contributed by atoms with Gasteiger partial charge in [0.15, 0.2) is 0 Å². The number of aryl methyl sites for hydroxylation is 1. The first-order valence-electron chi connectivity index (χ1n) is 7.49. The van der Waals surface area contributed by atoms with Gasteiger partial charge in [0.1, 0.15) is 5.82 Å². The maximum atomic E-state index is 12.2. The fourth-order valence-corrected chi connectivity index (χ4v) is 3.30. The van der Waals surface area contributed by atoms with E-state index >= 15 is 0 Å². The molecule has 22 heavy (non-hydrogen) atoms. The van der Waals surface area contributed by atoms with E-state index in [9.17, 15) is 4.79 Å². The molecule has 3 rings (SSSR count). The van der Waals surface area contributed by atoms with Gasteiger partial charge in [-0.25, -0.2) is 4.98 Å². The standard InChI is InChI=1S/C16H20N4OS/c1-10-8-13(10)15(12-6-4-3-5-7-12)18-14(21)9-22-16-17-11(2)19-20-16/h3-7,10,13,15H,8-9H2,1-2H3,(H,18,21)(H,17,19,20). The number of hydrogen-bond acceptors (Lipinski definition) is 4. The number of carbonyl (C=O) groups excluding carboxylic acids is 1. The number of aromatic nitrogens is 3. The average molecular weight is 316 g/mol. The van der Waals surface area contributed by atoms with Crippen molar-refractivity contribution in [1.82, 2.24) is 20.5 Å². The quantitative estimate of drug-likeness (QED) is 0.804. The second-order valence-corrected chi connectivity index (χ2v) is 6.77. The van der Waals surface area contributed by atoms with Crippen molar-refractivity contribution in [2.45, 2.75) is 31.5 Å². The molecule has 0 aliphatic heterocycles. The van der Waals surface area contributed by atoms with E-state index < -0.39 is 0 Å². The Morgan fingerprint density at radius 3 is 2.77 bits per heavy atom. The molecule has 1 amide bonds. The van der Waals surface area contributed by atoms with Gasteiger partial charge in [0, 0.05) is 0 Å². The van der Waals surface area contributed by atoms with E-state index in [0.29, 0.717) is 22.7 Å². The molecule has 0 saturated heterocycles. The third kappa shape index (κ3) is 3.68. The van der Waals surface area contributed by atoms with E-state index in [1.54, 1.807) is 0 Å². The van der Waals surface area contributed by atoms with Crippen LogP contribution in [0.25, 0.3) is 0 Å². The summed E-state index contributed by atoms with van der Waals surface area (Å²) >= 11 is 1.35. The van der Waals surface area contributed by atoms with Crippen LogP contribution >= 0.6 is 11.8 Å². The van der Waals surface area contributed by atoms with E-state index in [1.165, 1.54) is 23.7 Å². The van der Waals surface area contributed by atoms with Crippen LogP contribution < -0.4 is 5.32 Å². The Kier molecular flexibility index (Phi) is 4.47. The smallest absolute Gasteiger partial charge is 0.230 e. The zero-order chi connectivity index (χ0) is 15.5. The minimum atomic E-state index is 0.0282. The molecule has 116 valence electrons. The van der Waals surface area contributed by atoms with Gasteiger partial charge in [-0.05, 0) is 30.7 Å². The lowest BCUT2D eigenvalue weighted by Gasteiger charge is -2.19. The lowest BCUT2D eigenvalue weighted by Crippen LogP contribution is -2.31. The van der Waals surface area contributed by atoms with Gasteiger partial charge in [0.2, 0.25) is 11.1 Å². The zero-order valence-corrected chi connectivity index (χ0v) is 13.6. The van der Waals surface area contributed by atoms with Gasteiger partial charge in [-0.3, -0.25) is 9.89 Å². The lowest BCUT2D eigenvalue weighted by atomic mass is 10.0. The molecule has 6 heteroatoms. The predicted octanol–water partition coefficient (Wildman–Crippen LogP) is 2.72. The molecule has 5 nitrogen and oxygen atoms in total. The second-order valence-electron chi connectivity index (χ2n) is 5.82. The Bertz CT molecular complexity index is 643. The first kappa shape index (κ1) is 15.1. The maximum Gasteiger partial charge on any atom is 0.230 e. The Balaban J connectivity index is 1.60. The first-order valence-corrected chi connectivity index (χ1v) is 8.48. The Hall–Kier alpha value is -1.82. The van der Waals surface area contributed by atoms with E-state index in [4.69, 9.17) is 0 Å². The third-order valence-electron chi connectivity index (χ3n) is 3.98. The van der Waals surface area contributed by atoms with E-state index in [1.807, 2.05) is 25.1 Å². The molecule has 0 bridgehead atoms. The maximum absolute atomic E-state index is 12.2. The van der Waals surface area contributed by atoms with Crippen molar-refractivity contribution in [1.29, 1.82) is 0 Å². The largest absolute Gasteiger partial charge is 0.348 e. The number of aromatic amines is 1. The summed E-state index contributed by atoms with van der Waals surface area (Å²) in [6.45, 7) is 4.08. The van der Waals surface area contributed by atoms with Gasteiger partial charge >= 0.3 is 0 Å². The van der Waals surface area contributed by atoms with Crippen LogP contribution in [0.5, 0.6) is 0 Å². The summed E-state index contributed by atoms with van der Waals surface area (Å²) in [5, 5.41) is 10.6. The van der Waals surface area contributed by atoms with Crippen LogP contribution in [-0.4, -0.2) is 26.8 Å². The zero-order valence-electron chi connectivity index (χ0n) is 12.7. The monoisotopic (exact) mass is 316 g/mol. The van der Waals surface area contributed by atoms with Crippen LogP contribution in [0, 0.1) is 18.8 Å². The summed E-state index contributed by atoms with van der Waals surface area (Å²) < 4.78 is 0. The molecule has 1 aliphatic carbocycles. The molecule has 1 saturated carbocycles. The Morgan fingerprint density at radius 1 is 1.45 bits per heavy atom. The van der Waals surface area contributed by atoms with Gasteiger partial charge in [0.25, 0.3) is 0 Å². The van der Waals surface area contributed by atoms with Gasteiger partial charge in [-0.1, -0.05) is 49.0 Å². The molecule has 3 unspecified atom stereocenters. The molecule has 2 aromatic rings. The summed E-state index contributed by atoms with van der Waals surface area (Å²) in [5.74, 6) is 2.34. The van der Waals surface area contributed by atoms with Crippen LogP contribution in [-0.2, 0) is 4.79 Å². The van der Waals surface area contributed by atoms with Crippen LogP contribution in [0.4, 0.5) is 0 Å². The highest BCUT2D eigenvalue weighted by atomic mass is 32.2. The second kappa shape index (κ2) is 6.52. The molecule has 1 heterocycles. The van der Waals surface area contributed by atoms with Gasteiger partial charge < -0.3 is 5.32 Å². The van der Waals surface area contributed by atoms with Crippen molar-refractivity contribution < 1.29 is 4.79 Å². The van der Waals surface area contributed by atoms with Crippen LogP contribution in [0.15, 0.2) is 35.5 Å². The number of carbonyl (C=O) groups is 1. The Labute approximate surface area is 134 Å². The number of nitrogens with one attached hydrogen (secondary N) is 2. The van der Waals surface area contributed by atoms with Crippen LogP contribution in [0.3, 0.4) is 0 Å². The summed E-state index contributed by atoms with van der Waals surface area (Å²) in [7, 11) is 0. The summed E-state index contributed by atoms with van der Waals surface area (Å²) in [6.07, 6.45) is 1.17.